The van der Waals surface area contributed by atoms with Crippen LogP contribution in [-0.2, 0) is 10.3 Å². The van der Waals surface area contributed by atoms with Gasteiger partial charge in [0.15, 0.2) is 0 Å². The predicted molar refractivity (Wildman–Crippen MR) is 95.3 cm³/mol. The highest BCUT2D eigenvalue weighted by molar-refractivity contribution is 6.11. The van der Waals surface area contributed by atoms with Crippen LogP contribution in [0.3, 0.4) is 0 Å². The Morgan fingerprint density at radius 2 is 1.89 bits per heavy atom. The van der Waals surface area contributed by atoms with E-state index in [1.165, 1.54) is 0 Å². The Labute approximate surface area is 153 Å². The first-order valence-electron chi connectivity index (χ1n) is 8.25. The molecule has 0 bridgehead atoms. The van der Waals surface area contributed by atoms with Crippen LogP contribution in [0.25, 0.3) is 11.0 Å². The Hall–Kier alpha value is -3.75. The molecule has 27 heavy (non-hydrogen) atoms. The zero-order valence-corrected chi connectivity index (χ0v) is 14.6. The molecular weight excluding hydrogens is 348 g/mol. The highest BCUT2D eigenvalue weighted by Crippen LogP contribution is 2.27. The number of carbonyl (C=O) groups excluding carboxylic acids is 3. The molecule has 1 saturated heterocycles. The molecule has 9 nitrogen and oxygen atoms in total. The molecule has 1 aromatic carbocycles. The number of benzene rings is 1. The predicted octanol–water partition coefficient (Wildman–Crippen LogP) is 1.38. The molecule has 1 fully saturated rings. The normalized spacial score (nSPS) is 19.4. The molecule has 1 aliphatic rings. The summed E-state index contributed by atoms with van der Waals surface area (Å²) in [6, 6.07) is 9.77. The SMILES string of the molecule is Cc1nc(C(=O)NN2C(=O)NC(C)(c3ccccc3)C2=O)c2cc[nH]c2n1. The third kappa shape index (κ3) is 2.60. The number of nitrogens with one attached hydrogen (secondary N) is 3. The minimum absolute atomic E-state index is 0.0765. The summed E-state index contributed by atoms with van der Waals surface area (Å²) >= 11 is 0. The maximum atomic E-state index is 12.9. The van der Waals surface area contributed by atoms with Gasteiger partial charge in [0, 0.05) is 6.20 Å². The van der Waals surface area contributed by atoms with Gasteiger partial charge in [0.05, 0.1) is 5.39 Å². The first-order chi connectivity index (χ1) is 12.9. The first kappa shape index (κ1) is 16.7. The zero-order chi connectivity index (χ0) is 19.2. The van der Waals surface area contributed by atoms with Crippen molar-refractivity contribution >= 4 is 28.9 Å². The highest BCUT2D eigenvalue weighted by atomic mass is 16.2. The standard InChI is InChI=1S/C18H16N6O3/c1-10-20-13(12-8-9-19-14(12)21-10)15(25)23-24-16(26)18(2,22-17(24)27)11-6-4-3-5-7-11/h3-9H,1-2H3,(H,22,27)(H,23,25)(H,19,20,21). The quantitative estimate of drug-likeness (QED) is 0.607. The van der Waals surface area contributed by atoms with Crippen LogP contribution in [0.4, 0.5) is 4.79 Å². The number of imide groups is 1. The number of hydrazine groups is 1. The number of aryl methyl sites for hydroxylation is 1. The van der Waals surface area contributed by atoms with Crippen molar-refractivity contribution in [3.63, 3.8) is 0 Å². The number of amides is 4. The summed E-state index contributed by atoms with van der Waals surface area (Å²) in [4.78, 5) is 49.2. The molecule has 0 saturated carbocycles. The van der Waals surface area contributed by atoms with Crippen molar-refractivity contribution in [1.29, 1.82) is 0 Å². The molecule has 136 valence electrons. The monoisotopic (exact) mass is 364 g/mol. The van der Waals surface area contributed by atoms with Crippen molar-refractivity contribution in [1.82, 2.24) is 30.7 Å². The largest absolute Gasteiger partial charge is 0.346 e. The van der Waals surface area contributed by atoms with Gasteiger partial charge in [-0.2, -0.15) is 5.01 Å². The van der Waals surface area contributed by atoms with Gasteiger partial charge in [-0.1, -0.05) is 30.3 Å². The Balaban J connectivity index is 1.64. The minimum atomic E-state index is -1.27. The second kappa shape index (κ2) is 5.90. The van der Waals surface area contributed by atoms with Gasteiger partial charge >= 0.3 is 6.03 Å². The molecular formula is C18H16N6O3. The lowest BCUT2D eigenvalue weighted by Gasteiger charge is -2.22. The van der Waals surface area contributed by atoms with Crippen LogP contribution in [0.5, 0.6) is 0 Å². The fraction of sp³-hybridized carbons (Fsp3) is 0.167. The van der Waals surface area contributed by atoms with Crippen LogP contribution in [0.15, 0.2) is 42.6 Å². The smallest absolute Gasteiger partial charge is 0.344 e. The lowest BCUT2D eigenvalue weighted by atomic mass is 9.92. The Kier molecular flexibility index (Phi) is 3.65. The summed E-state index contributed by atoms with van der Waals surface area (Å²) in [5.74, 6) is -0.865. The molecule has 4 amide bonds. The molecule has 1 atom stereocenters. The van der Waals surface area contributed by atoms with Crippen molar-refractivity contribution in [3.8, 4) is 0 Å². The average molecular weight is 364 g/mol. The van der Waals surface area contributed by atoms with E-state index in [9.17, 15) is 14.4 Å². The van der Waals surface area contributed by atoms with Crippen molar-refractivity contribution in [2.45, 2.75) is 19.4 Å². The third-order valence-corrected chi connectivity index (χ3v) is 4.50. The molecule has 3 aromatic rings. The topological polar surface area (TPSA) is 120 Å². The lowest BCUT2D eigenvalue weighted by Crippen LogP contribution is -2.48. The summed E-state index contributed by atoms with van der Waals surface area (Å²) in [6.45, 7) is 3.24. The molecule has 0 aliphatic carbocycles. The second-order valence-corrected chi connectivity index (χ2v) is 6.36. The number of hydrogen-bond acceptors (Lipinski definition) is 5. The van der Waals surface area contributed by atoms with Gasteiger partial charge in [0.25, 0.3) is 11.8 Å². The van der Waals surface area contributed by atoms with Gasteiger partial charge in [-0.15, -0.1) is 0 Å². The van der Waals surface area contributed by atoms with Gasteiger partial charge < -0.3 is 10.3 Å². The minimum Gasteiger partial charge on any atom is -0.346 e. The number of urea groups is 1. The first-order valence-corrected chi connectivity index (χ1v) is 8.25. The van der Waals surface area contributed by atoms with Crippen molar-refractivity contribution in [2.24, 2.45) is 0 Å². The molecule has 3 heterocycles. The fourth-order valence-corrected chi connectivity index (χ4v) is 3.09. The number of carbonyl (C=O) groups is 3. The summed E-state index contributed by atoms with van der Waals surface area (Å²) in [5, 5.41) is 3.81. The summed E-state index contributed by atoms with van der Waals surface area (Å²) in [5.41, 5.74) is 2.28. The van der Waals surface area contributed by atoms with E-state index >= 15 is 0 Å². The van der Waals surface area contributed by atoms with Crippen LogP contribution in [0.2, 0.25) is 0 Å². The van der Waals surface area contributed by atoms with Gasteiger partial charge in [-0.05, 0) is 25.5 Å². The highest BCUT2D eigenvalue weighted by Gasteiger charge is 2.50. The molecule has 1 unspecified atom stereocenters. The van der Waals surface area contributed by atoms with E-state index in [-0.39, 0.29) is 5.69 Å². The van der Waals surface area contributed by atoms with Crippen LogP contribution in [0, 0.1) is 6.92 Å². The zero-order valence-electron chi connectivity index (χ0n) is 14.6. The second-order valence-electron chi connectivity index (χ2n) is 6.36. The maximum absolute atomic E-state index is 12.9. The van der Waals surface area contributed by atoms with Crippen molar-refractivity contribution < 1.29 is 14.4 Å². The van der Waals surface area contributed by atoms with E-state index in [4.69, 9.17) is 0 Å². The Bertz CT molecular complexity index is 1080. The van der Waals surface area contributed by atoms with Crippen molar-refractivity contribution in [3.05, 3.63) is 59.7 Å². The Morgan fingerprint density at radius 1 is 1.15 bits per heavy atom. The molecule has 0 radical (unpaired) electrons. The van der Waals surface area contributed by atoms with Crippen LogP contribution in [0.1, 0.15) is 28.8 Å². The maximum Gasteiger partial charge on any atom is 0.344 e. The summed E-state index contributed by atoms with van der Waals surface area (Å²) < 4.78 is 0. The number of aromatic amines is 1. The molecule has 2 aromatic heterocycles. The number of H-pyrrole nitrogens is 1. The summed E-state index contributed by atoms with van der Waals surface area (Å²) in [6.07, 6.45) is 1.63. The van der Waals surface area contributed by atoms with E-state index in [1.54, 1.807) is 50.4 Å². The molecule has 0 spiro atoms. The van der Waals surface area contributed by atoms with Crippen LogP contribution >= 0.6 is 0 Å². The fourth-order valence-electron chi connectivity index (χ4n) is 3.09. The average Bonchev–Trinajstić information content (AvgIpc) is 3.20. The van der Waals surface area contributed by atoms with Gasteiger partial charge in [0.1, 0.15) is 22.7 Å². The number of fused-ring (bicyclic) bond motifs is 1. The molecule has 9 heteroatoms. The number of hydrogen-bond donors (Lipinski definition) is 3. The molecule has 4 rings (SSSR count). The van der Waals surface area contributed by atoms with Gasteiger partial charge in [0.2, 0.25) is 0 Å². The van der Waals surface area contributed by atoms with Crippen LogP contribution in [-0.4, -0.2) is 37.8 Å². The number of nitrogens with zero attached hydrogens (tertiary/aromatic N) is 3. The van der Waals surface area contributed by atoms with Gasteiger partial charge in [-0.25, -0.2) is 14.8 Å². The van der Waals surface area contributed by atoms with E-state index < -0.39 is 23.4 Å². The van der Waals surface area contributed by atoms with E-state index in [1.807, 2.05) is 6.07 Å². The van der Waals surface area contributed by atoms with Crippen molar-refractivity contribution in [2.75, 3.05) is 0 Å². The lowest BCUT2D eigenvalue weighted by molar-refractivity contribution is -0.132. The molecule has 3 N–H and O–H groups in total. The number of rotatable bonds is 3. The van der Waals surface area contributed by atoms with E-state index in [2.05, 4.69) is 25.7 Å². The van der Waals surface area contributed by atoms with Crippen LogP contribution < -0.4 is 10.7 Å². The van der Waals surface area contributed by atoms with Gasteiger partial charge in [-0.3, -0.25) is 15.0 Å². The molecule has 1 aliphatic heterocycles. The Morgan fingerprint density at radius 3 is 2.63 bits per heavy atom. The third-order valence-electron chi connectivity index (χ3n) is 4.50. The van der Waals surface area contributed by atoms with E-state index in [0.717, 1.165) is 0 Å². The van der Waals surface area contributed by atoms with E-state index in [0.29, 0.717) is 27.4 Å². The summed E-state index contributed by atoms with van der Waals surface area (Å²) in [7, 11) is 0. The number of aromatic nitrogens is 3.